The predicted molar refractivity (Wildman–Crippen MR) is 63.3 cm³/mol. The topological polar surface area (TPSA) is 70.7 Å². The Morgan fingerprint density at radius 1 is 1.11 bits per heavy atom. The highest BCUT2D eigenvalue weighted by Gasteiger charge is 2.18. The highest BCUT2D eigenvalue weighted by molar-refractivity contribution is 5.93. The molecule has 0 radical (unpaired) electrons. The average molecular weight is 246 g/mol. The SMILES string of the molecule is O=c1c2ccccc2oc2cc(O)c(F)c(O)c12. The minimum atomic E-state index is -1.23. The van der Waals surface area contributed by atoms with Crippen LogP contribution in [0, 0.1) is 5.82 Å². The summed E-state index contributed by atoms with van der Waals surface area (Å²) in [5.41, 5.74) is -0.293. The summed E-state index contributed by atoms with van der Waals surface area (Å²) in [4.78, 5) is 12.1. The Balaban J connectivity index is 2.65. The van der Waals surface area contributed by atoms with Gasteiger partial charge in [-0.2, -0.15) is 4.39 Å². The Kier molecular flexibility index (Phi) is 2.04. The van der Waals surface area contributed by atoms with Crippen molar-refractivity contribution in [1.82, 2.24) is 0 Å². The van der Waals surface area contributed by atoms with Crippen LogP contribution in [0.1, 0.15) is 0 Å². The zero-order valence-corrected chi connectivity index (χ0v) is 8.98. The molecule has 0 fully saturated rings. The van der Waals surface area contributed by atoms with Crippen molar-refractivity contribution in [1.29, 1.82) is 0 Å². The lowest BCUT2D eigenvalue weighted by Gasteiger charge is -2.05. The van der Waals surface area contributed by atoms with Crippen LogP contribution >= 0.6 is 0 Å². The third-order valence-electron chi connectivity index (χ3n) is 2.76. The van der Waals surface area contributed by atoms with Crippen LogP contribution in [0.2, 0.25) is 0 Å². The van der Waals surface area contributed by atoms with E-state index in [2.05, 4.69) is 0 Å². The molecule has 0 aliphatic rings. The van der Waals surface area contributed by atoms with Crippen molar-refractivity contribution >= 4 is 21.9 Å². The van der Waals surface area contributed by atoms with Crippen molar-refractivity contribution < 1.29 is 19.0 Å². The summed E-state index contributed by atoms with van der Waals surface area (Å²) in [6, 6.07) is 7.38. The molecule has 2 N–H and O–H groups in total. The number of phenolic OH excluding ortho intramolecular Hbond substituents is 2. The van der Waals surface area contributed by atoms with Gasteiger partial charge < -0.3 is 14.6 Å². The van der Waals surface area contributed by atoms with Gasteiger partial charge in [-0.15, -0.1) is 0 Å². The molecule has 18 heavy (non-hydrogen) atoms. The molecule has 3 aromatic rings. The third kappa shape index (κ3) is 1.27. The molecule has 1 heterocycles. The zero-order chi connectivity index (χ0) is 12.9. The Hall–Kier alpha value is -2.56. The van der Waals surface area contributed by atoms with E-state index in [0.29, 0.717) is 5.58 Å². The summed E-state index contributed by atoms with van der Waals surface area (Å²) >= 11 is 0. The van der Waals surface area contributed by atoms with Crippen LogP contribution in [0.15, 0.2) is 39.5 Å². The van der Waals surface area contributed by atoms with Gasteiger partial charge in [0.1, 0.15) is 16.6 Å². The fourth-order valence-electron chi connectivity index (χ4n) is 1.90. The third-order valence-corrected chi connectivity index (χ3v) is 2.76. The van der Waals surface area contributed by atoms with Crippen LogP contribution in [-0.4, -0.2) is 10.2 Å². The predicted octanol–water partition coefficient (Wildman–Crippen LogP) is 2.50. The summed E-state index contributed by atoms with van der Waals surface area (Å²) in [6.07, 6.45) is 0. The van der Waals surface area contributed by atoms with E-state index in [1.54, 1.807) is 18.2 Å². The van der Waals surface area contributed by atoms with Crippen LogP contribution in [0.4, 0.5) is 4.39 Å². The standard InChI is InChI=1S/C13H7FO4/c14-11-7(15)5-9-10(13(11)17)12(16)6-3-1-2-4-8(6)18-9/h1-5,15,17H. The molecule has 1 aromatic heterocycles. The summed E-state index contributed by atoms with van der Waals surface area (Å²) in [5.74, 6) is -2.90. The second-order valence-corrected chi connectivity index (χ2v) is 3.86. The first kappa shape index (κ1) is 10.6. The van der Waals surface area contributed by atoms with Crippen LogP contribution < -0.4 is 5.43 Å². The largest absolute Gasteiger partial charge is 0.505 e. The van der Waals surface area contributed by atoms with E-state index in [1.165, 1.54) is 6.07 Å². The van der Waals surface area contributed by atoms with E-state index in [0.717, 1.165) is 6.07 Å². The molecule has 0 bridgehead atoms. The van der Waals surface area contributed by atoms with Gasteiger partial charge >= 0.3 is 0 Å². The van der Waals surface area contributed by atoms with Gasteiger partial charge in [-0.05, 0) is 12.1 Å². The van der Waals surface area contributed by atoms with Crippen molar-refractivity contribution in [3.63, 3.8) is 0 Å². The molecule has 5 heteroatoms. The molecule has 2 aromatic carbocycles. The quantitative estimate of drug-likeness (QED) is 0.598. The zero-order valence-electron chi connectivity index (χ0n) is 8.98. The number of para-hydroxylation sites is 1. The number of fused-ring (bicyclic) bond motifs is 2. The number of phenols is 2. The molecule has 0 saturated heterocycles. The Labute approximate surface area is 99.5 Å². The molecule has 0 spiro atoms. The lowest BCUT2D eigenvalue weighted by Crippen LogP contribution is -2.03. The second-order valence-electron chi connectivity index (χ2n) is 3.86. The molecule has 0 unspecified atom stereocenters. The number of rotatable bonds is 0. The van der Waals surface area contributed by atoms with Gasteiger partial charge in [0.05, 0.1) is 5.39 Å². The number of halogens is 1. The average Bonchev–Trinajstić information content (AvgIpc) is 2.36. The van der Waals surface area contributed by atoms with Crippen molar-refractivity contribution in [2.75, 3.05) is 0 Å². The van der Waals surface area contributed by atoms with Crippen molar-refractivity contribution in [3.05, 3.63) is 46.4 Å². The minimum absolute atomic E-state index is 0.0601. The number of benzene rings is 2. The van der Waals surface area contributed by atoms with E-state index in [9.17, 15) is 19.4 Å². The monoisotopic (exact) mass is 246 g/mol. The highest BCUT2D eigenvalue weighted by atomic mass is 19.1. The van der Waals surface area contributed by atoms with E-state index < -0.39 is 22.7 Å². The fourth-order valence-corrected chi connectivity index (χ4v) is 1.90. The van der Waals surface area contributed by atoms with E-state index >= 15 is 0 Å². The molecule has 3 rings (SSSR count). The minimum Gasteiger partial charge on any atom is -0.505 e. The molecular formula is C13H7FO4. The lowest BCUT2D eigenvalue weighted by atomic mass is 10.1. The molecular weight excluding hydrogens is 239 g/mol. The number of hydrogen-bond acceptors (Lipinski definition) is 4. The maximum Gasteiger partial charge on any atom is 0.207 e. The molecule has 0 aliphatic heterocycles. The number of aromatic hydroxyl groups is 2. The first-order valence-corrected chi connectivity index (χ1v) is 5.15. The maximum atomic E-state index is 13.4. The van der Waals surface area contributed by atoms with Gasteiger partial charge in [-0.25, -0.2) is 0 Å². The number of hydrogen-bond donors (Lipinski definition) is 2. The van der Waals surface area contributed by atoms with Crippen LogP contribution in [-0.2, 0) is 0 Å². The Morgan fingerprint density at radius 2 is 1.83 bits per heavy atom. The molecule has 90 valence electrons. The van der Waals surface area contributed by atoms with Crippen molar-refractivity contribution in [3.8, 4) is 11.5 Å². The summed E-state index contributed by atoms with van der Waals surface area (Å²) in [5, 5.41) is 18.8. The van der Waals surface area contributed by atoms with Gasteiger partial charge in [0.2, 0.25) is 11.2 Å². The van der Waals surface area contributed by atoms with E-state index in [-0.39, 0.29) is 16.4 Å². The van der Waals surface area contributed by atoms with Gasteiger partial charge in [-0.3, -0.25) is 4.79 Å². The van der Waals surface area contributed by atoms with Crippen LogP contribution in [0.5, 0.6) is 11.5 Å². The maximum absolute atomic E-state index is 13.4. The van der Waals surface area contributed by atoms with Gasteiger partial charge in [0, 0.05) is 6.07 Å². The summed E-state index contributed by atoms with van der Waals surface area (Å²) < 4.78 is 18.7. The lowest BCUT2D eigenvalue weighted by molar-refractivity contribution is 0.392. The Bertz CT molecular complexity index is 836. The smallest absolute Gasteiger partial charge is 0.207 e. The highest BCUT2D eigenvalue weighted by Crippen LogP contribution is 2.33. The summed E-state index contributed by atoms with van der Waals surface area (Å²) in [6.45, 7) is 0. The van der Waals surface area contributed by atoms with Crippen molar-refractivity contribution in [2.45, 2.75) is 0 Å². The first-order valence-electron chi connectivity index (χ1n) is 5.15. The fraction of sp³-hybridized carbons (Fsp3) is 0. The van der Waals surface area contributed by atoms with E-state index in [4.69, 9.17) is 4.42 Å². The molecule has 0 atom stereocenters. The Morgan fingerprint density at radius 3 is 2.61 bits per heavy atom. The van der Waals surface area contributed by atoms with Gasteiger partial charge in [0.25, 0.3) is 0 Å². The van der Waals surface area contributed by atoms with Gasteiger partial charge in [-0.1, -0.05) is 12.1 Å². The first-order chi connectivity index (χ1) is 8.59. The normalized spacial score (nSPS) is 11.2. The second kappa shape index (κ2) is 3.46. The molecule has 0 amide bonds. The molecule has 0 aliphatic carbocycles. The van der Waals surface area contributed by atoms with Crippen LogP contribution in [0.25, 0.3) is 21.9 Å². The molecule has 0 saturated carbocycles. The van der Waals surface area contributed by atoms with Gasteiger partial charge in [0.15, 0.2) is 11.5 Å². The van der Waals surface area contributed by atoms with Crippen LogP contribution in [0.3, 0.4) is 0 Å². The molecule has 4 nitrogen and oxygen atoms in total. The van der Waals surface area contributed by atoms with Crippen molar-refractivity contribution in [2.24, 2.45) is 0 Å². The van der Waals surface area contributed by atoms with E-state index in [1.807, 2.05) is 0 Å². The summed E-state index contributed by atoms with van der Waals surface area (Å²) in [7, 11) is 0.